The number of halogens is 2. The molecule has 10 heteroatoms. The molecule has 1 aromatic heterocycles. The molecule has 0 aliphatic carbocycles. The number of likely N-dealkylation sites (N-methyl/N-ethyl adjacent to an activating group) is 1. The first-order valence-corrected chi connectivity index (χ1v) is 11.0. The van der Waals surface area contributed by atoms with E-state index < -0.39 is 5.91 Å². The van der Waals surface area contributed by atoms with Crippen molar-refractivity contribution in [1.82, 2.24) is 20.1 Å². The van der Waals surface area contributed by atoms with E-state index in [4.69, 9.17) is 23.2 Å². The predicted molar refractivity (Wildman–Crippen MR) is 117 cm³/mol. The number of hydrogen-bond donors (Lipinski definition) is 2. The molecule has 0 spiro atoms. The zero-order chi connectivity index (χ0) is 20.8. The first-order chi connectivity index (χ1) is 13.9. The van der Waals surface area contributed by atoms with Crippen LogP contribution >= 0.6 is 34.5 Å². The number of carbonyl (C=O) groups excluding carboxylic acids is 2. The SMILES string of the molecule is CN1CCN(CCCNC(=O)c2csc(NC(=O)c3ccc(Cl)cc3Cl)n2)CC1. The number of benzene rings is 1. The Morgan fingerprint density at radius 1 is 1.17 bits per heavy atom. The van der Waals surface area contributed by atoms with Crippen molar-refractivity contribution in [3.8, 4) is 0 Å². The van der Waals surface area contributed by atoms with Gasteiger partial charge in [0.05, 0.1) is 10.6 Å². The van der Waals surface area contributed by atoms with E-state index in [1.54, 1.807) is 17.5 Å². The second-order valence-electron chi connectivity index (χ2n) is 6.87. The standard InChI is InChI=1S/C19H23Cl2N5O2S/c1-25-7-9-26(10-8-25)6-2-5-22-18(28)16-12-29-19(23-16)24-17(27)14-4-3-13(20)11-15(14)21/h3-4,11-12H,2,5-10H2,1H3,(H,22,28)(H,23,24,27). The Morgan fingerprint density at radius 2 is 1.93 bits per heavy atom. The van der Waals surface area contributed by atoms with Gasteiger partial charge < -0.3 is 15.1 Å². The van der Waals surface area contributed by atoms with Crippen LogP contribution in [0.15, 0.2) is 23.6 Å². The van der Waals surface area contributed by atoms with Crippen LogP contribution in [0.2, 0.25) is 10.0 Å². The molecule has 2 N–H and O–H groups in total. The van der Waals surface area contributed by atoms with Crippen molar-refractivity contribution in [1.29, 1.82) is 0 Å². The fraction of sp³-hybridized carbons (Fsp3) is 0.421. The van der Waals surface area contributed by atoms with Crippen LogP contribution in [0, 0.1) is 0 Å². The first kappa shape index (κ1) is 22.0. The van der Waals surface area contributed by atoms with Crippen LogP contribution in [-0.4, -0.2) is 72.9 Å². The van der Waals surface area contributed by atoms with E-state index in [9.17, 15) is 9.59 Å². The normalized spacial score (nSPS) is 15.3. The van der Waals surface area contributed by atoms with Gasteiger partial charge in [-0.25, -0.2) is 4.98 Å². The molecule has 2 aromatic rings. The van der Waals surface area contributed by atoms with Gasteiger partial charge in [0.15, 0.2) is 5.13 Å². The van der Waals surface area contributed by atoms with E-state index >= 15 is 0 Å². The molecule has 1 saturated heterocycles. The fourth-order valence-electron chi connectivity index (χ4n) is 2.94. The topological polar surface area (TPSA) is 77.6 Å². The average molecular weight is 456 g/mol. The summed E-state index contributed by atoms with van der Waals surface area (Å²) in [5.41, 5.74) is 0.577. The highest BCUT2D eigenvalue weighted by Gasteiger charge is 2.16. The maximum absolute atomic E-state index is 12.3. The maximum Gasteiger partial charge on any atom is 0.270 e. The van der Waals surface area contributed by atoms with Crippen molar-refractivity contribution in [2.75, 3.05) is 51.6 Å². The van der Waals surface area contributed by atoms with Gasteiger partial charge in [0.1, 0.15) is 5.69 Å². The summed E-state index contributed by atoms with van der Waals surface area (Å²) in [6, 6.07) is 4.63. The van der Waals surface area contributed by atoms with Gasteiger partial charge in [0.25, 0.3) is 11.8 Å². The first-order valence-electron chi connectivity index (χ1n) is 9.33. The maximum atomic E-state index is 12.3. The smallest absolute Gasteiger partial charge is 0.270 e. The third-order valence-electron chi connectivity index (χ3n) is 4.67. The van der Waals surface area contributed by atoms with Gasteiger partial charge in [-0.15, -0.1) is 11.3 Å². The lowest BCUT2D eigenvalue weighted by Gasteiger charge is -2.32. The molecule has 1 fully saturated rings. The minimum atomic E-state index is -0.403. The molecule has 1 aliphatic heterocycles. The molecule has 7 nitrogen and oxygen atoms in total. The Morgan fingerprint density at radius 3 is 2.66 bits per heavy atom. The summed E-state index contributed by atoms with van der Waals surface area (Å²) in [6.07, 6.45) is 0.887. The number of nitrogens with one attached hydrogen (secondary N) is 2. The molecular weight excluding hydrogens is 433 g/mol. The Labute approximate surface area is 184 Å². The predicted octanol–water partition coefficient (Wildman–Crippen LogP) is 3.07. The number of nitrogens with zero attached hydrogens (tertiary/aromatic N) is 3. The lowest BCUT2D eigenvalue weighted by Crippen LogP contribution is -2.45. The van der Waals surface area contributed by atoms with Gasteiger partial charge in [-0.05, 0) is 38.2 Å². The van der Waals surface area contributed by atoms with E-state index in [1.807, 2.05) is 0 Å². The molecule has 0 radical (unpaired) electrons. The van der Waals surface area contributed by atoms with Crippen molar-refractivity contribution in [2.24, 2.45) is 0 Å². The molecular formula is C19H23Cl2N5O2S. The van der Waals surface area contributed by atoms with Crippen LogP contribution in [0.25, 0.3) is 0 Å². The van der Waals surface area contributed by atoms with Crippen LogP contribution in [0.5, 0.6) is 0 Å². The summed E-state index contributed by atoms with van der Waals surface area (Å²) in [5, 5.41) is 8.20. The number of rotatable bonds is 7. The highest BCUT2D eigenvalue weighted by molar-refractivity contribution is 7.14. The molecule has 156 valence electrons. The Hall–Kier alpha value is -1.71. The van der Waals surface area contributed by atoms with Crippen molar-refractivity contribution in [3.63, 3.8) is 0 Å². The van der Waals surface area contributed by atoms with Crippen LogP contribution in [0.3, 0.4) is 0 Å². The number of anilines is 1. The molecule has 0 unspecified atom stereocenters. The number of hydrogen-bond acceptors (Lipinski definition) is 6. The highest BCUT2D eigenvalue weighted by atomic mass is 35.5. The summed E-state index contributed by atoms with van der Waals surface area (Å²) >= 11 is 13.1. The third-order valence-corrected chi connectivity index (χ3v) is 5.97. The number of thiazole rings is 1. The number of piperazine rings is 1. The quantitative estimate of drug-likeness (QED) is 0.627. The summed E-state index contributed by atoms with van der Waals surface area (Å²) in [4.78, 5) is 33.5. The minimum Gasteiger partial charge on any atom is -0.351 e. The summed E-state index contributed by atoms with van der Waals surface area (Å²) in [6.45, 7) is 5.86. The Balaban J connectivity index is 1.44. The molecule has 0 bridgehead atoms. The van der Waals surface area contributed by atoms with E-state index in [0.29, 0.717) is 22.3 Å². The van der Waals surface area contributed by atoms with Crippen molar-refractivity contribution in [3.05, 3.63) is 44.9 Å². The zero-order valence-corrected chi connectivity index (χ0v) is 18.4. The molecule has 2 heterocycles. The Kier molecular flexibility index (Phi) is 7.85. The van der Waals surface area contributed by atoms with Crippen LogP contribution < -0.4 is 10.6 Å². The van der Waals surface area contributed by atoms with Crippen LogP contribution in [-0.2, 0) is 0 Å². The second kappa shape index (κ2) is 10.4. The van der Waals surface area contributed by atoms with Gasteiger partial charge in [0.2, 0.25) is 0 Å². The van der Waals surface area contributed by atoms with E-state index in [1.165, 1.54) is 17.4 Å². The van der Waals surface area contributed by atoms with Gasteiger partial charge in [-0.1, -0.05) is 23.2 Å². The van der Waals surface area contributed by atoms with Crippen LogP contribution in [0.1, 0.15) is 27.3 Å². The van der Waals surface area contributed by atoms with Gasteiger partial charge in [-0.3, -0.25) is 14.9 Å². The molecule has 1 aromatic carbocycles. The molecule has 0 saturated carbocycles. The summed E-state index contributed by atoms with van der Waals surface area (Å²) in [7, 11) is 2.13. The van der Waals surface area contributed by atoms with Gasteiger partial charge in [0, 0.05) is 43.1 Å². The molecule has 1 aliphatic rings. The molecule has 0 atom stereocenters. The second-order valence-corrected chi connectivity index (χ2v) is 8.57. The van der Waals surface area contributed by atoms with E-state index in [-0.39, 0.29) is 16.6 Å². The third kappa shape index (κ3) is 6.38. The van der Waals surface area contributed by atoms with E-state index in [0.717, 1.165) is 39.1 Å². The molecule has 2 amide bonds. The largest absolute Gasteiger partial charge is 0.351 e. The molecule has 29 heavy (non-hydrogen) atoms. The minimum absolute atomic E-state index is 0.246. The van der Waals surface area contributed by atoms with Crippen molar-refractivity contribution >= 4 is 51.5 Å². The van der Waals surface area contributed by atoms with E-state index in [2.05, 4.69) is 32.5 Å². The molecule has 3 rings (SSSR count). The highest BCUT2D eigenvalue weighted by Crippen LogP contribution is 2.23. The van der Waals surface area contributed by atoms with Crippen molar-refractivity contribution in [2.45, 2.75) is 6.42 Å². The summed E-state index contributed by atoms with van der Waals surface area (Å²) in [5.74, 6) is -0.648. The van der Waals surface area contributed by atoms with Crippen molar-refractivity contribution < 1.29 is 9.59 Å². The van der Waals surface area contributed by atoms with Gasteiger partial charge in [-0.2, -0.15) is 0 Å². The monoisotopic (exact) mass is 455 g/mol. The van der Waals surface area contributed by atoms with Gasteiger partial charge >= 0.3 is 0 Å². The fourth-order valence-corrected chi connectivity index (χ4v) is 4.12. The summed E-state index contributed by atoms with van der Waals surface area (Å²) < 4.78 is 0. The van der Waals surface area contributed by atoms with Crippen LogP contribution in [0.4, 0.5) is 5.13 Å². The Bertz CT molecular complexity index is 868. The zero-order valence-electron chi connectivity index (χ0n) is 16.1. The lowest BCUT2D eigenvalue weighted by atomic mass is 10.2. The lowest BCUT2D eigenvalue weighted by molar-refractivity contribution is 0.0943. The number of amides is 2. The average Bonchev–Trinajstić information content (AvgIpc) is 3.15. The number of aromatic nitrogens is 1. The number of carbonyl (C=O) groups is 2.